The molecule has 2 aromatic rings. The molecule has 1 atom stereocenters. The number of nitrogens with zero attached hydrogens (tertiary/aromatic N) is 2. The summed E-state index contributed by atoms with van der Waals surface area (Å²) < 4.78 is 27.8. The number of fused-ring (bicyclic) bond motifs is 1. The van der Waals surface area contributed by atoms with Crippen molar-refractivity contribution in [1.29, 1.82) is 0 Å². The Morgan fingerprint density at radius 3 is 2.72 bits per heavy atom. The Balaban J connectivity index is 1.80. The summed E-state index contributed by atoms with van der Waals surface area (Å²) in [5.74, 6) is 0.294. The molecule has 2 aliphatic rings. The van der Waals surface area contributed by atoms with E-state index in [1.807, 2.05) is 13.0 Å². The number of carbonyl (C=O) groups is 2. The van der Waals surface area contributed by atoms with Gasteiger partial charge in [-0.05, 0) is 62.9 Å². The maximum Gasteiger partial charge on any atom is 0.256 e. The summed E-state index contributed by atoms with van der Waals surface area (Å²) in [7, 11) is -2.48. The first-order valence-corrected chi connectivity index (χ1v) is 11.9. The number of sulfonamides is 1. The zero-order valence-corrected chi connectivity index (χ0v) is 18.2. The third-order valence-electron chi connectivity index (χ3n) is 5.59. The average molecular weight is 434 g/mol. The van der Waals surface area contributed by atoms with Gasteiger partial charge in [-0.25, -0.2) is 18.1 Å². The quantitative estimate of drug-likeness (QED) is 0.724. The van der Waals surface area contributed by atoms with Gasteiger partial charge in [0.05, 0.1) is 21.8 Å². The van der Waals surface area contributed by atoms with Crippen LogP contribution in [0.25, 0.3) is 10.4 Å². The van der Waals surface area contributed by atoms with Crippen molar-refractivity contribution in [1.82, 2.24) is 14.6 Å². The van der Waals surface area contributed by atoms with E-state index in [2.05, 4.69) is 9.71 Å². The molecule has 1 aliphatic heterocycles. The molecule has 7 nitrogen and oxygen atoms in total. The number of benzene rings is 1. The fourth-order valence-electron chi connectivity index (χ4n) is 3.80. The van der Waals surface area contributed by atoms with Crippen molar-refractivity contribution >= 4 is 33.1 Å². The highest BCUT2D eigenvalue weighted by Crippen LogP contribution is 2.41. The third-order valence-corrected chi connectivity index (χ3v) is 8.08. The van der Waals surface area contributed by atoms with Gasteiger partial charge in [0.1, 0.15) is 10.8 Å². The van der Waals surface area contributed by atoms with E-state index in [9.17, 15) is 18.0 Å². The van der Waals surface area contributed by atoms with E-state index in [1.165, 1.54) is 25.3 Å². The van der Waals surface area contributed by atoms with Crippen LogP contribution in [0.3, 0.4) is 0 Å². The minimum atomic E-state index is -3.82. The summed E-state index contributed by atoms with van der Waals surface area (Å²) in [6, 6.07) is 3.51. The Kier molecular flexibility index (Phi) is 5.08. The number of amides is 1. The lowest BCUT2D eigenvalue weighted by Gasteiger charge is -2.24. The zero-order valence-electron chi connectivity index (χ0n) is 16.6. The second-order valence-corrected chi connectivity index (χ2v) is 10.7. The van der Waals surface area contributed by atoms with Crippen molar-refractivity contribution < 1.29 is 18.0 Å². The molecule has 1 saturated carbocycles. The molecule has 154 valence electrons. The minimum absolute atomic E-state index is 0.00418. The number of hydrogen-bond acceptors (Lipinski definition) is 6. The molecule has 29 heavy (non-hydrogen) atoms. The predicted octanol–water partition coefficient (Wildman–Crippen LogP) is 2.60. The fraction of sp³-hybridized carbons (Fsp3) is 0.450. The fourth-order valence-corrected chi connectivity index (χ4v) is 5.77. The smallest absolute Gasteiger partial charge is 0.256 e. The Bertz CT molecular complexity index is 1100. The van der Waals surface area contributed by atoms with Crippen LogP contribution in [0.1, 0.15) is 47.6 Å². The second kappa shape index (κ2) is 7.30. The van der Waals surface area contributed by atoms with Crippen LogP contribution < -0.4 is 4.72 Å². The maximum atomic E-state index is 13.1. The highest BCUT2D eigenvalue weighted by molar-refractivity contribution is 7.89. The van der Waals surface area contributed by atoms with Gasteiger partial charge in [-0.3, -0.25) is 9.59 Å². The van der Waals surface area contributed by atoms with Gasteiger partial charge in [0.15, 0.2) is 0 Å². The van der Waals surface area contributed by atoms with Crippen molar-refractivity contribution in [3.05, 3.63) is 34.5 Å². The molecule has 2 heterocycles. The van der Waals surface area contributed by atoms with Crippen LogP contribution in [0.2, 0.25) is 0 Å². The SMILES string of the molecule is CNS(=O)(=O)c1cc(-c2cnc(CC(C)=O)s2)cc2c1C(=O)N([C@@H](C)C1CC1)C2. The molecule has 4 rings (SSSR count). The lowest BCUT2D eigenvalue weighted by atomic mass is 10.1. The van der Waals surface area contributed by atoms with Gasteiger partial charge in [0, 0.05) is 18.8 Å². The molecular formula is C20H23N3O4S2. The highest BCUT2D eigenvalue weighted by atomic mass is 32.2. The van der Waals surface area contributed by atoms with E-state index >= 15 is 0 Å². The van der Waals surface area contributed by atoms with Gasteiger partial charge in [-0.15, -0.1) is 11.3 Å². The van der Waals surface area contributed by atoms with E-state index in [-0.39, 0.29) is 34.6 Å². The number of ketones is 1. The maximum absolute atomic E-state index is 13.1. The van der Waals surface area contributed by atoms with Gasteiger partial charge in [-0.2, -0.15) is 0 Å². The summed E-state index contributed by atoms with van der Waals surface area (Å²) in [6.45, 7) is 3.95. The number of hydrogen-bond donors (Lipinski definition) is 1. The molecule has 0 unspecified atom stereocenters. The number of Topliss-reactive ketones (excluding diaryl/α,β-unsaturated/α-hetero) is 1. The topological polar surface area (TPSA) is 96.4 Å². The lowest BCUT2D eigenvalue weighted by molar-refractivity contribution is -0.116. The van der Waals surface area contributed by atoms with Crippen molar-refractivity contribution in [3.8, 4) is 10.4 Å². The second-order valence-electron chi connectivity index (χ2n) is 7.72. The normalized spacial score (nSPS) is 17.5. The molecule has 9 heteroatoms. The van der Waals surface area contributed by atoms with Gasteiger partial charge >= 0.3 is 0 Å². The van der Waals surface area contributed by atoms with E-state index in [0.717, 1.165) is 23.3 Å². The first-order valence-electron chi connectivity index (χ1n) is 9.57. The number of aromatic nitrogens is 1. The van der Waals surface area contributed by atoms with Crippen molar-refractivity contribution in [2.24, 2.45) is 5.92 Å². The molecule has 1 aromatic carbocycles. The molecule has 1 fully saturated rings. The molecule has 0 saturated heterocycles. The van der Waals surface area contributed by atoms with Gasteiger partial charge in [0.2, 0.25) is 10.0 Å². The molecule has 0 radical (unpaired) electrons. The number of rotatable bonds is 7. The third kappa shape index (κ3) is 3.74. The number of nitrogens with one attached hydrogen (secondary N) is 1. The Hall–Kier alpha value is -2.10. The van der Waals surface area contributed by atoms with Crippen LogP contribution in [0.4, 0.5) is 0 Å². The minimum Gasteiger partial charge on any atom is -0.331 e. The van der Waals surface area contributed by atoms with Gasteiger partial charge in [-0.1, -0.05) is 0 Å². The number of thiazole rings is 1. The summed E-state index contributed by atoms with van der Waals surface area (Å²) in [4.78, 5) is 31.3. The summed E-state index contributed by atoms with van der Waals surface area (Å²) in [5, 5.41) is 0.686. The van der Waals surface area contributed by atoms with Crippen LogP contribution >= 0.6 is 11.3 Å². The molecule has 1 amide bonds. The number of carbonyl (C=O) groups excluding carboxylic acids is 2. The molecule has 1 aromatic heterocycles. The van der Waals surface area contributed by atoms with Crippen molar-refractivity contribution in [2.75, 3.05) is 7.05 Å². The van der Waals surface area contributed by atoms with E-state index < -0.39 is 10.0 Å². The first-order chi connectivity index (χ1) is 13.7. The molecule has 0 bridgehead atoms. The molecular weight excluding hydrogens is 410 g/mol. The lowest BCUT2D eigenvalue weighted by Crippen LogP contribution is -2.35. The van der Waals surface area contributed by atoms with Crippen molar-refractivity contribution in [3.63, 3.8) is 0 Å². The summed E-state index contributed by atoms with van der Waals surface area (Å²) >= 11 is 1.36. The van der Waals surface area contributed by atoms with Gasteiger partial charge < -0.3 is 4.90 Å². The van der Waals surface area contributed by atoms with Crippen LogP contribution in [0.15, 0.2) is 23.2 Å². The molecule has 1 aliphatic carbocycles. The molecule has 1 N–H and O–H groups in total. The summed E-state index contributed by atoms with van der Waals surface area (Å²) in [5.41, 5.74) is 1.68. The van der Waals surface area contributed by atoms with Crippen LogP contribution in [0.5, 0.6) is 0 Å². The Morgan fingerprint density at radius 2 is 2.10 bits per heavy atom. The van der Waals surface area contributed by atoms with Crippen LogP contribution in [0, 0.1) is 5.92 Å². The van der Waals surface area contributed by atoms with E-state index in [1.54, 1.807) is 17.2 Å². The van der Waals surface area contributed by atoms with Crippen LogP contribution in [-0.4, -0.2) is 43.1 Å². The first kappa shape index (κ1) is 20.2. The zero-order chi connectivity index (χ0) is 20.9. The van der Waals surface area contributed by atoms with Gasteiger partial charge in [0.25, 0.3) is 5.91 Å². The Labute approximate surface area is 174 Å². The average Bonchev–Trinajstić information content (AvgIpc) is 3.34. The molecule has 0 spiro atoms. The van der Waals surface area contributed by atoms with E-state index in [4.69, 9.17) is 0 Å². The summed E-state index contributed by atoms with van der Waals surface area (Å²) in [6.07, 6.45) is 4.12. The highest BCUT2D eigenvalue weighted by Gasteiger charge is 2.41. The van der Waals surface area contributed by atoms with Crippen LogP contribution in [-0.2, 0) is 27.8 Å². The Morgan fingerprint density at radius 1 is 1.38 bits per heavy atom. The van der Waals surface area contributed by atoms with Crippen molar-refractivity contribution in [2.45, 2.75) is 50.6 Å². The largest absolute Gasteiger partial charge is 0.331 e. The monoisotopic (exact) mass is 433 g/mol. The predicted molar refractivity (Wildman–Crippen MR) is 110 cm³/mol. The van der Waals surface area contributed by atoms with E-state index in [0.29, 0.717) is 23.0 Å². The standard InChI is InChI=1S/C20H23N3O4S2/c1-11(24)6-18-22-9-16(28-18)14-7-15-10-23(12(2)13-4-5-13)20(25)19(15)17(8-14)29(26,27)21-3/h7-9,12-13,21H,4-6,10H2,1-3H3/t12-/m0/s1.